The Morgan fingerprint density at radius 1 is 1.50 bits per heavy atom. The molecular formula is C13H15BrFN3. The zero-order valence-corrected chi connectivity index (χ0v) is 11.7. The van der Waals surface area contributed by atoms with Gasteiger partial charge >= 0.3 is 0 Å². The van der Waals surface area contributed by atoms with E-state index >= 15 is 0 Å². The second-order valence-electron chi connectivity index (χ2n) is 4.44. The van der Waals surface area contributed by atoms with E-state index in [1.54, 1.807) is 16.9 Å². The molecule has 96 valence electrons. The van der Waals surface area contributed by atoms with Gasteiger partial charge in [0.1, 0.15) is 5.82 Å². The lowest BCUT2D eigenvalue weighted by atomic mass is 10.1. The number of aromatic nitrogens is 2. The lowest BCUT2D eigenvalue weighted by Gasteiger charge is -2.05. The fraction of sp³-hybridized carbons (Fsp3) is 0.308. The lowest BCUT2D eigenvalue weighted by Crippen LogP contribution is -2.17. The number of benzene rings is 1. The molecule has 0 radical (unpaired) electrons. The average Bonchev–Trinajstić information content (AvgIpc) is 2.71. The minimum atomic E-state index is -0.254. The number of nitrogens with zero attached hydrogens (tertiary/aromatic N) is 2. The normalized spacial score (nSPS) is 12.7. The topological polar surface area (TPSA) is 43.8 Å². The molecule has 18 heavy (non-hydrogen) atoms. The van der Waals surface area contributed by atoms with Crippen LogP contribution in [-0.4, -0.2) is 15.8 Å². The van der Waals surface area contributed by atoms with Crippen LogP contribution in [0.4, 0.5) is 4.39 Å². The van der Waals surface area contributed by atoms with Gasteiger partial charge in [-0.1, -0.05) is 12.1 Å². The zero-order valence-electron chi connectivity index (χ0n) is 10.1. The summed E-state index contributed by atoms with van der Waals surface area (Å²) in [5.74, 6) is -0.254. The van der Waals surface area contributed by atoms with Crippen LogP contribution in [0.25, 0.3) is 0 Å². The maximum Gasteiger partial charge on any atom is 0.137 e. The number of halogens is 2. The van der Waals surface area contributed by atoms with Crippen molar-refractivity contribution in [3.8, 4) is 0 Å². The van der Waals surface area contributed by atoms with Crippen LogP contribution in [0.15, 0.2) is 35.1 Å². The van der Waals surface area contributed by atoms with Crippen LogP contribution in [0.5, 0.6) is 0 Å². The average molecular weight is 312 g/mol. The Morgan fingerprint density at radius 3 is 3.00 bits per heavy atom. The van der Waals surface area contributed by atoms with E-state index in [9.17, 15) is 4.39 Å². The summed E-state index contributed by atoms with van der Waals surface area (Å²) in [7, 11) is 0. The van der Waals surface area contributed by atoms with E-state index in [-0.39, 0.29) is 11.9 Å². The molecule has 2 aromatic rings. The Balaban J connectivity index is 2.14. The van der Waals surface area contributed by atoms with Gasteiger partial charge in [0.05, 0.1) is 17.2 Å². The second-order valence-corrected chi connectivity index (χ2v) is 5.23. The van der Waals surface area contributed by atoms with E-state index in [0.29, 0.717) is 11.0 Å². The van der Waals surface area contributed by atoms with Crippen molar-refractivity contribution in [2.24, 2.45) is 5.73 Å². The molecule has 1 atom stereocenters. The van der Waals surface area contributed by atoms with Crippen LogP contribution >= 0.6 is 15.9 Å². The van der Waals surface area contributed by atoms with Crippen LogP contribution in [0.3, 0.4) is 0 Å². The van der Waals surface area contributed by atoms with Gasteiger partial charge < -0.3 is 5.73 Å². The van der Waals surface area contributed by atoms with Crippen LogP contribution in [0, 0.1) is 5.82 Å². The largest absolute Gasteiger partial charge is 0.328 e. The maximum absolute atomic E-state index is 13.4. The van der Waals surface area contributed by atoms with Crippen LogP contribution in [0.2, 0.25) is 0 Å². The molecule has 0 amide bonds. The Kier molecular flexibility index (Phi) is 4.14. The summed E-state index contributed by atoms with van der Waals surface area (Å²) >= 11 is 3.25. The molecule has 1 aromatic carbocycles. The van der Waals surface area contributed by atoms with E-state index in [4.69, 9.17) is 5.73 Å². The number of hydrogen-bond acceptors (Lipinski definition) is 2. The molecule has 2 N–H and O–H groups in total. The van der Waals surface area contributed by atoms with E-state index < -0.39 is 0 Å². The van der Waals surface area contributed by atoms with E-state index in [1.165, 1.54) is 6.07 Å². The van der Waals surface area contributed by atoms with Gasteiger partial charge in [-0.05, 0) is 46.5 Å². The van der Waals surface area contributed by atoms with Crippen molar-refractivity contribution in [2.45, 2.75) is 25.9 Å². The number of hydrogen-bond donors (Lipinski definition) is 1. The number of rotatable bonds is 4. The molecule has 0 saturated carbocycles. The predicted octanol–water partition coefficient (Wildman–Crippen LogP) is 2.72. The summed E-state index contributed by atoms with van der Waals surface area (Å²) in [6.07, 6.45) is 4.54. The third kappa shape index (κ3) is 3.17. The second kappa shape index (κ2) is 5.63. The van der Waals surface area contributed by atoms with Crippen LogP contribution < -0.4 is 5.73 Å². The van der Waals surface area contributed by atoms with E-state index in [1.807, 2.05) is 19.2 Å². The molecule has 1 unspecified atom stereocenters. The molecule has 0 fully saturated rings. The first-order valence-electron chi connectivity index (χ1n) is 5.76. The molecule has 1 aromatic heterocycles. The molecule has 0 aliphatic rings. The maximum atomic E-state index is 13.4. The van der Waals surface area contributed by atoms with Gasteiger partial charge in [0.15, 0.2) is 0 Å². The van der Waals surface area contributed by atoms with Crippen molar-refractivity contribution in [3.63, 3.8) is 0 Å². The molecule has 5 heteroatoms. The first-order chi connectivity index (χ1) is 8.56. The van der Waals surface area contributed by atoms with Gasteiger partial charge in [-0.3, -0.25) is 4.68 Å². The molecule has 2 rings (SSSR count). The highest BCUT2D eigenvalue weighted by molar-refractivity contribution is 9.10. The molecule has 0 saturated heterocycles. The molecule has 3 nitrogen and oxygen atoms in total. The van der Waals surface area contributed by atoms with Crippen molar-refractivity contribution in [2.75, 3.05) is 0 Å². The highest BCUT2D eigenvalue weighted by atomic mass is 79.9. The van der Waals surface area contributed by atoms with Gasteiger partial charge in [0, 0.05) is 12.2 Å². The molecule has 0 aliphatic carbocycles. The van der Waals surface area contributed by atoms with Crippen molar-refractivity contribution in [1.29, 1.82) is 0 Å². The molecule has 0 spiro atoms. The van der Waals surface area contributed by atoms with E-state index in [2.05, 4.69) is 21.0 Å². The minimum absolute atomic E-state index is 0.114. The summed E-state index contributed by atoms with van der Waals surface area (Å²) in [6.45, 7) is 2.50. The summed E-state index contributed by atoms with van der Waals surface area (Å²) in [4.78, 5) is 0. The number of nitrogens with two attached hydrogens (primary N) is 1. The van der Waals surface area contributed by atoms with Crippen molar-refractivity contribution < 1.29 is 4.39 Å². The lowest BCUT2D eigenvalue weighted by molar-refractivity contribution is 0.611. The van der Waals surface area contributed by atoms with Gasteiger partial charge in [0.25, 0.3) is 0 Å². The molecular weight excluding hydrogens is 297 g/mol. The first kappa shape index (κ1) is 13.2. The Hall–Kier alpha value is -1.20. The summed E-state index contributed by atoms with van der Waals surface area (Å²) in [6, 6.07) is 5.11. The molecule has 0 bridgehead atoms. The smallest absolute Gasteiger partial charge is 0.137 e. The van der Waals surface area contributed by atoms with Gasteiger partial charge in [-0.25, -0.2) is 4.39 Å². The highest BCUT2D eigenvalue weighted by Crippen LogP contribution is 2.21. The van der Waals surface area contributed by atoms with Crippen molar-refractivity contribution >= 4 is 15.9 Å². The van der Waals surface area contributed by atoms with Crippen LogP contribution in [-0.2, 0) is 13.0 Å². The summed E-state index contributed by atoms with van der Waals surface area (Å²) < 4.78 is 15.6. The summed E-state index contributed by atoms with van der Waals surface area (Å²) in [5.41, 5.74) is 7.70. The Labute approximate surface area is 114 Å². The monoisotopic (exact) mass is 311 g/mol. The Bertz CT molecular complexity index is 537. The van der Waals surface area contributed by atoms with Gasteiger partial charge in [0.2, 0.25) is 0 Å². The van der Waals surface area contributed by atoms with Gasteiger partial charge in [-0.15, -0.1) is 0 Å². The summed E-state index contributed by atoms with van der Waals surface area (Å²) in [5, 5.41) is 4.25. The van der Waals surface area contributed by atoms with Crippen molar-refractivity contribution in [1.82, 2.24) is 9.78 Å². The SMILES string of the molecule is CC(N)Cc1cnn(Cc2cccc(F)c2Br)c1. The fourth-order valence-corrected chi connectivity index (χ4v) is 2.20. The minimum Gasteiger partial charge on any atom is -0.328 e. The third-order valence-corrected chi connectivity index (χ3v) is 3.50. The zero-order chi connectivity index (χ0) is 13.1. The first-order valence-corrected chi connectivity index (χ1v) is 6.55. The highest BCUT2D eigenvalue weighted by Gasteiger charge is 2.07. The van der Waals surface area contributed by atoms with Crippen LogP contribution in [0.1, 0.15) is 18.1 Å². The van der Waals surface area contributed by atoms with Crippen molar-refractivity contribution in [3.05, 3.63) is 52.0 Å². The third-order valence-electron chi connectivity index (χ3n) is 2.61. The molecule has 1 heterocycles. The molecule has 0 aliphatic heterocycles. The predicted molar refractivity (Wildman–Crippen MR) is 72.8 cm³/mol. The fourth-order valence-electron chi connectivity index (χ4n) is 1.82. The van der Waals surface area contributed by atoms with Gasteiger partial charge in [-0.2, -0.15) is 5.10 Å². The quantitative estimate of drug-likeness (QED) is 0.943. The standard InChI is InChI=1S/C13H15BrFN3/c1-9(16)5-10-6-17-18(7-10)8-11-3-2-4-12(15)13(11)14/h2-4,6-7,9H,5,8,16H2,1H3. The van der Waals surface area contributed by atoms with E-state index in [0.717, 1.165) is 17.5 Å². The Morgan fingerprint density at radius 2 is 2.28 bits per heavy atom.